The molecular weight excluding hydrogens is 1140 g/mol. The second-order valence-electron chi connectivity index (χ2n) is 22.1. The van der Waals surface area contributed by atoms with Crippen molar-refractivity contribution in [1.82, 2.24) is 45.4 Å². The molecule has 2 saturated heterocycles. The molecule has 0 radical (unpaired) electrons. The lowest BCUT2D eigenvalue weighted by Crippen LogP contribution is -2.42. The van der Waals surface area contributed by atoms with Crippen LogP contribution in [0, 0.1) is 29.6 Å². The fraction of sp³-hybridized carbons (Fsp3) is 0.694. The van der Waals surface area contributed by atoms with Crippen LogP contribution in [0.15, 0.2) is 35.5 Å². The maximum atomic E-state index is 13.8. The van der Waals surface area contributed by atoms with Gasteiger partial charge in [-0.1, -0.05) is 36.9 Å². The average Bonchev–Trinajstić information content (AvgIpc) is 3.00. The summed E-state index contributed by atoms with van der Waals surface area (Å²) in [6.45, 7) is 13.8. The first-order valence-electron chi connectivity index (χ1n) is 31.2. The number of anilines is 1. The van der Waals surface area contributed by atoms with E-state index in [1.54, 1.807) is 18.6 Å². The summed E-state index contributed by atoms with van der Waals surface area (Å²) in [4.78, 5) is 60.0. The highest BCUT2D eigenvalue weighted by molar-refractivity contribution is 7.98. The number of pyridine rings is 1. The van der Waals surface area contributed by atoms with E-state index in [0.29, 0.717) is 152 Å². The Kier molecular flexibility index (Phi) is 31.5. The van der Waals surface area contributed by atoms with Crippen LogP contribution in [0.5, 0.6) is 0 Å². The quantitative estimate of drug-likeness (QED) is 0.0140. The van der Waals surface area contributed by atoms with Crippen molar-refractivity contribution in [3.05, 3.63) is 46.6 Å². The number of nitrogens with zero attached hydrogens (tertiary/aromatic N) is 6. The number of aryl methyl sites for hydroxylation is 1. The molecule has 3 fully saturated rings. The zero-order valence-electron chi connectivity index (χ0n) is 50.9. The number of imidazole rings is 1. The van der Waals surface area contributed by atoms with E-state index in [0.717, 1.165) is 138 Å². The summed E-state index contributed by atoms with van der Waals surface area (Å²) in [7, 11) is 0. The van der Waals surface area contributed by atoms with E-state index in [1.165, 1.54) is 21.3 Å². The summed E-state index contributed by atoms with van der Waals surface area (Å²) >= 11 is 3.33. The number of fused-ring (bicyclic) bond motifs is 3. The number of aromatic nitrogens is 5. The lowest BCUT2D eigenvalue weighted by atomic mass is 9.81. The van der Waals surface area contributed by atoms with E-state index >= 15 is 0 Å². The number of ether oxygens (including phenoxy) is 8. The normalized spacial score (nSPS) is 17.0. The smallest absolute Gasteiger partial charge is 0.225 e. The maximum absolute atomic E-state index is 13.8. The molecule has 4 aromatic rings. The molecule has 0 bridgehead atoms. The van der Waals surface area contributed by atoms with Crippen molar-refractivity contribution in [3.63, 3.8) is 0 Å². The van der Waals surface area contributed by atoms with Gasteiger partial charge in [0.05, 0.1) is 120 Å². The Morgan fingerprint density at radius 3 is 2.01 bits per heavy atom. The third kappa shape index (κ3) is 24.1. The van der Waals surface area contributed by atoms with Crippen LogP contribution in [0.3, 0.4) is 0 Å². The molecule has 7 N–H and O–H groups in total. The Morgan fingerprint density at radius 2 is 1.38 bits per heavy atom. The number of hydrogen-bond donors (Lipinski definition) is 5. The number of carbonyl (C=O) groups is 3. The first-order valence-corrected chi connectivity index (χ1v) is 33.3. The van der Waals surface area contributed by atoms with Crippen LogP contribution in [-0.2, 0) is 65.2 Å². The molecule has 1 aliphatic carbocycles. The highest BCUT2D eigenvalue weighted by Gasteiger charge is 2.33. The molecule has 86 heavy (non-hydrogen) atoms. The molecule has 4 aromatic heterocycles. The number of rotatable bonds is 40. The second kappa shape index (κ2) is 39.6. The highest BCUT2D eigenvalue weighted by Crippen LogP contribution is 2.41. The third-order valence-corrected chi connectivity index (χ3v) is 17.5. The molecule has 0 spiro atoms. The summed E-state index contributed by atoms with van der Waals surface area (Å²) in [6, 6.07) is 2.25. The predicted octanol–water partition coefficient (Wildman–Crippen LogP) is 6.37. The van der Waals surface area contributed by atoms with Crippen molar-refractivity contribution in [2.75, 3.05) is 150 Å². The van der Waals surface area contributed by atoms with E-state index in [-0.39, 0.29) is 37.3 Å². The largest absolute Gasteiger partial charge is 0.399 e. The molecule has 24 heteroatoms. The van der Waals surface area contributed by atoms with Crippen molar-refractivity contribution in [2.24, 2.45) is 23.5 Å². The monoisotopic (exact) mass is 1230 g/mol. The molecule has 3 amide bonds. The number of nitrogens with two attached hydrogens (primary N) is 2. The Labute approximate surface area is 516 Å². The summed E-state index contributed by atoms with van der Waals surface area (Å²) in [5, 5.41) is 9.77. The number of thiophene rings is 1. The number of nitrogen functional groups attached to an aromatic ring is 1. The van der Waals surface area contributed by atoms with Crippen LogP contribution in [-0.4, -0.2) is 192 Å². The van der Waals surface area contributed by atoms with Gasteiger partial charge < -0.3 is 74.8 Å². The minimum Gasteiger partial charge on any atom is -0.399 e. The van der Waals surface area contributed by atoms with Gasteiger partial charge in [0.25, 0.3) is 0 Å². The molecule has 476 valence electrons. The van der Waals surface area contributed by atoms with Gasteiger partial charge in [0.1, 0.15) is 11.3 Å². The zero-order valence-corrected chi connectivity index (χ0v) is 52.6. The molecule has 0 atom stereocenters. The number of carbonyl (C=O) groups excluding carboxylic acids is 3. The van der Waals surface area contributed by atoms with Crippen LogP contribution in [0.1, 0.15) is 119 Å². The molecule has 3 aliphatic rings. The molecule has 2 aliphatic heterocycles. The Balaban J connectivity index is 0.612. The van der Waals surface area contributed by atoms with Crippen molar-refractivity contribution in [2.45, 2.75) is 121 Å². The van der Waals surface area contributed by atoms with Crippen molar-refractivity contribution in [3.8, 4) is 11.8 Å². The van der Waals surface area contributed by atoms with Gasteiger partial charge in [-0.15, -0.1) is 11.3 Å². The topological polar surface area (TPSA) is 273 Å². The summed E-state index contributed by atoms with van der Waals surface area (Å²) in [5.41, 5.74) is 17.1. The first kappa shape index (κ1) is 68.3. The minimum atomic E-state index is -0.138. The summed E-state index contributed by atoms with van der Waals surface area (Å²) in [6.07, 6.45) is 20.0. The van der Waals surface area contributed by atoms with Crippen molar-refractivity contribution in [1.29, 1.82) is 0 Å². The molecule has 0 aromatic carbocycles. The van der Waals surface area contributed by atoms with E-state index < -0.39 is 0 Å². The van der Waals surface area contributed by atoms with Gasteiger partial charge in [0, 0.05) is 107 Å². The Bertz CT molecular complexity index is 2720. The average molecular weight is 1230 g/mol. The van der Waals surface area contributed by atoms with Crippen molar-refractivity contribution >= 4 is 67.9 Å². The van der Waals surface area contributed by atoms with Gasteiger partial charge in [0.15, 0.2) is 11.0 Å². The van der Waals surface area contributed by atoms with Crippen LogP contribution in [0.25, 0.3) is 21.3 Å². The first-order chi connectivity index (χ1) is 42.2. The Hall–Kier alpha value is -5.20. The number of unbranched alkanes of at least 4 members (excludes halogenated alkanes) is 2. The maximum Gasteiger partial charge on any atom is 0.225 e. The predicted molar refractivity (Wildman–Crippen MR) is 335 cm³/mol. The van der Waals surface area contributed by atoms with Crippen molar-refractivity contribution < 1.29 is 52.3 Å². The fourth-order valence-corrected chi connectivity index (χ4v) is 12.4. The number of hydrogen-bond acceptors (Lipinski definition) is 20. The number of likely N-dealkylation sites (tertiary alicyclic amines) is 1. The molecular formula is C62H95N11O11S2. The van der Waals surface area contributed by atoms with Crippen LogP contribution < -0.4 is 27.4 Å². The lowest BCUT2D eigenvalue weighted by molar-refractivity contribution is -0.138. The van der Waals surface area contributed by atoms with Gasteiger partial charge in [-0.05, 0) is 94.3 Å². The lowest BCUT2D eigenvalue weighted by Gasteiger charge is -2.36. The van der Waals surface area contributed by atoms with Gasteiger partial charge >= 0.3 is 0 Å². The van der Waals surface area contributed by atoms with E-state index in [9.17, 15) is 14.4 Å². The zero-order chi connectivity index (χ0) is 60.4. The number of piperidine rings is 1. The second-order valence-corrected chi connectivity index (χ2v) is 23.9. The standard InChI is InChI=1S/C62H95N11O11S2/c1-3-4-9-54-71-57-58(73(54)45-47-17-23-77-24-18-47)59-52(70-60(57)64)39-53(86-59)49-15-21-72(22-16-49)61(76)50-13-11-46(12-14-50)40-65-43-51(63)44-67-56(75)19-25-78-27-29-80-31-33-82-35-37-84-38-36-83-34-32-81-30-28-79-26-20-66-55(74)10-7-5-6-8-48-41-68-62(85-2)69-42-48/h39,41-43,46-47,49-50,65H,3-5,7,9-38,40,44-45,63H2,1-2H3,(H2,64,70)(H,66,74)(H,67,75)/b51-43-. The summed E-state index contributed by atoms with van der Waals surface area (Å²) in [5.74, 6) is 9.35. The molecule has 7 rings (SSSR count). The van der Waals surface area contributed by atoms with Crippen LogP contribution >= 0.6 is 23.1 Å². The van der Waals surface area contributed by atoms with Gasteiger partial charge in [-0.2, -0.15) is 0 Å². The fourth-order valence-electron chi connectivity index (χ4n) is 10.7. The molecule has 6 heterocycles. The third-order valence-electron chi connectivity index (χ3n) is 15.6. The van der Waals surface area contributed by atoms with E-state index in [1.807, 2.05) is 17.6 Å². The minimum absolute atomic E-state index is 0.0193. The number of thioether (sulfide) groups is 1. The SMILES string of the molecule is CCCCc1nc2c(N)nc3cc(C4CCN(C(=O)C5CCC(CN/C=C(\N)CNC(=O)CCOCCOCCOCCOCCOCCOCCOCCNC(=O)CCCC#Cc6cnc(SC)nc6)CC5)CC4)sc3c2n1CC1CCOCC1. The molecule has 1 saturated carbocycles. The van der Waals surface area contributed by atoms with E-state index in [4.69, 9.17) is 59.3 Å². The molecule has 0 unspecified atom stereocenters. The van der Waals surface area contributed by atoms with Crippen LogP contribution in [0.2, 0.25) is 0 Å². The van der Waals surface area contributed by atoms with Gasteiger partial charge in [-0.25, -0.2) is 19.9 Å². The highest BCUT2D eigenvalue weighted by atomic mass is 32.2. The van der Waals surface area contributed by atoms with Gasteiger partial charge in [0.2, 0.25) is 17.7 Å². The van der Waals surface area contributed by atoms with E-state index in [2.05, 4.69) is 60.2 Å². The number of amides is 3. The Morgan fingerprint density at radius 1 is 0.767 bits per heavy atom. The van der Waals surface area contributed by atoms with Crippen LogP contribution in [0.4, 0.5) is 5.82 Å². The summed E-state index contributed by atoms with van der Waals surface area (Å²) < 4.78 is 48.1. The number of nitrogens with one attached hydrogen (secondary N) is 3. The molecule has 22 nitrogen and oxygen atoms in total. The van der Waals surface area contributed by atoms with Gasteiger partial charge in [-0.3, -0.25) is 14.4 Å².